The molecule has 2 aromatic carbocycles. The highest BCUT2D eigenvalue weighted by molar-refractivity contribution is 5.91. The summed E-state index contributed by atoms with van der Waals surface area (Å²) in [6.45, 7) is 3.85. The van der Waals surface area contributed by atoms with Gasteiger partial charge in [0.25, 0.3) is 0 Å². The number of rotatable bonds is 6. The van der Waals surface area contributed by atoms with Crippen LogP contribution in [0.3, 0.4) is 0 Å². The first-order chi connectivity index (χ1) is 15.4. The van der Waals surface area contributed by atoms with E-state index in [0.717, 1.165) is 16.7 Å². The first-order valence-electron chi connectivity index (χ1n) is 11.4. The van der Waals surface area contributed by atoms with Gasteiger partial charge in [-0.15, -0.1) is 0 Å². The van der Waals surface area contributed by atoms with Crippen molar-refractivity contribution in [3.63, 3.8) is 0 Å². The highest BCUT2D eigenvalue weighted by Crippen LogP contribution is 2.38. The van der Waals surface area contributed by atoms with Crippen molar-refractivity contribution in [3.05, 3.63) is 60.2 Å². The van der Waals surface area contributed by atoms with Gasteiger partial charge in [0.1, 0.15) is 0 Å². The molecule has 2 atom stereocenters. The molecule has 2 saturated heterocycles. The topological polar surface area (TPSA) is 69.7 Å². The van der Waals surface area contributed by atoms with Gasteiger partial charge in [-0.1, -0.05) is 54.6 Å². The standard InChI is InChI=1S/C26H31N3O3/c1-3-27-25(32)26(13-14-29(18-26)24(31)21-15-23(30)28(2)17-21)16-20-11-7-8-12-22(20)19-9-5-4-6-10-19/h4-12,21H,3,13-18H2,1-2H3,(H,27,32)/t21-,26-/m0/s1. The maximum absolute atomic E-state index is 13.3. The summed E-state index contributed by atoms with van der Waals surface area (Å²) in [5.74, 6) is -0.313. The van der Waals surface area contributed by atoms with Crippen LogP contribution in [0, 0.1) is 11.3 Å². The molecule has 0 unspecified atom stereocenters. The highest BCUT2D eigenvalue weighted by Gasteiger charge is 2.47. The second-order valence-electron chi connectivity index (χ2n) is 9.02. The monoisotopic (exact) mass is 433 g/mol. The number of hydrogen-bond donors (Lipinski definition) is 1. The van der Waals surface area contributed by atoms with Gasteiger partial charge in [-0.2, -0.15) is 0 Å². The molecule has 2 fully saturated rings. The Balaban J connectivity index is 1.60. The molecule has 3 amide bonds. The van der Waals surface area contributed by atoms with E-state index in [4.69, 9.17) is 0 Å². The molecule has 2 aliphatic rings. The lowest BCUT2D eigenvalue weighted by Crippen LogP contribution is -2.46. The van der Waals surface area contributed by atoms with E-state index in [2.05, 4.69) is 29.6 Å². The lowest BCUT2D eigenvalue weighted by atomic mass is 9.78. The molecule has 0 bridgehead atoms. The highest BCUT2D eigenvalue weighted by atomic mass is 16.2. The predicted octanol–water partition coefficient (Wildman–Crippen LogP) is 2.73. The minimum atomic E-state index is -0.676. The van der Waals surface area contributed by atoms with E-state index in [1.165, 1.54) is 0 Å². The SMILES string of the molecule is CCNC(=O)[C@]1(Cc2ccccc2-c2ccccc2)CCN(C(=O)[C@H]2CC(=O)N(C)C2)C1. The molecule has 0 spiro atoms. The smallest absolute Gasteiger partial charge is 0.228 e. The molecule has 168 valence electrons. The molecule has 2 aromatic rings. The Morgan fingerprint density at radius 2 is 1.81 bits per heavy atom. The fraction of sp³-hybridized carbons (Fsp3) is 0.423. The molecule has 2 aliphatic heterocycles. The van der Waals surface area contributed by atoms with Crippen molar-refractivity contribution in [3.8, 4) is 11.1 Å². The third-order valence-corrected chi connectivity index (χ3v) is 6.81. The van der Waals surface area contributed by atoms with Gasteiger partial charge in [0.15, 0.2) is 0 Å². The number of amides is 3. The van der Waals surface area contributed by atoms with E-state index in [1.807, 2.05) is 37.3 Å². The summed E-state index contributed by atoms with van der Waals surface area (Å²) in [4.78, 5) is 41.8. The normalized spacial score (nSPS) is 22.9. The van der Waals surface area contributed by atoms with Crippen LogP contribution in [0.25, 0.3) is 11.1 Å². The predicted molar refractivity (Wildman–Crippen MR) is 124 cm³/mol. The van der Waals surface area contributed by atoms with E-state index in [-0.39, 0.29) is 30.1 Å². The summed E-state index contributed by atoms with van der Waals surface area (Å²) in [6.07, 6.45) is 1.44. The van der Waals surface area contributed by atoms with Crippen molar-refractivity contribution in [1.29, 1.82) is 0 Å². The van der Waals surface area contributed by atoms with Crippen LogP contribution in [0.5, 0.6) is 0 Å². The van der Waals surface area contributed by atoms with Crippen molar-refractivity contribution in [2.45, 2.75) is 26.2 Å². The lowest BCUT2D eigenvalue weighted by Gasteiger charge is -2.29. The summed E-state index contributed by atoms with van der Waals surface area (Å²) in [5, 5.41) is 3.01. The number of benzene rings is 2. The third kappa shape index (κ3) is 4.27. The molecular formula is C26H31N3O3. The van der Waals surface area contributed by atoms with Gasteiger partial charge in [0.2, 0.25) is 17.7 Å². The first-order valence-corrected chi connectivity index (χ1v) is 11.4. The summed E-state index contributed by atoms with van der Waals surface area (Å²) < 4.78 is 0. The van der Waals surface area contributed by atoms with Gasteiger partial charge in [0, 0.05) is 39.6 Å². The molecule has 0 saturated carbocycles. The molecular weight excluding hydrogens is 402 g/mol. The Hall–Kier alpha value is -3.15. The van der Waals surface area contributed by atoms with Gasteiger partial charge in [-0.05, 0) is 36.5 Å². The minimum Gasteiger partial charge on any atom is -0.356 e. The molecule has 4 rings (SSSR count). The summed E-state index contributed by atoms with van der Waals surface area (Å²) in [7, 11) is 1.74. The zero-order chi connectivity index (χ0) is 22.7. The molecule has 6 nitrogen and oxygen atoms in total. The second-order valence-corrected chi connectivity index (χ2v) is 9.02. The number of carbonyl (C=O) groups is 3. The molecule has 2 heterocycles. The number of carbonyl (C=O) groups excluding carboxylic acids is 3. The average Bonchev–Trinajstić information content (AvgIpc) is 3.39. The Bertz CT molecular complexity index is 1010. The van der Waals surface area contributed by atoms with Crippen molar-refractivity contribution in [2.75, 3.05) is 33.2 Å². The number of nitrogens with zero attached hydrogens (tertiary/aromatic N) is 2. The quantitative estimate of drug-likeness (QED) is 0.762. The van der Waals surface area contributed by atoms with E-state index in [9.17, 15) is 14.4 Å². The molecule has 1 N–H and O–H groups in total. The third-order valence-electron chi connectivity index (χ3n) is 6.81. The minimum absolute atomic E-state index is 0.00205. The zero-order valence-electron chi connectivity index (χ0n) is 18.8. The maximum Gasteiger partial charge on any atom is 0.228 e. The second kappa shape index (κ2) is 9.15. The Labute approximate surface area is 189 Å². The van der Waals surface area contributed by atoms with Crippen LogP contribution in [0.2, 0.25) is 0 Å². The fourth-order valence-corrected chi connectivity index (χ4v) is 5.04. The van der Waals surface area contributed by atoms with Crippen molar-refractivity contribution in [2.24, 2.45) is 11.3 Å². The maximum atomic E-state index is 13.3. The van der Waals surface area contributed by atoms with Crippen molar-refractivity contribution >= 4 is 17.7 Å². The molecule has 6 heteroatoms. The first kappa shape index (κ1) is 22.1. The number of likely N-dealkylation sites (tertiary alicyclic amines) is 2. The van der Waals surface area contributed by atoms with E-state index < -0.39 is 5.41 Å². The average molecular weight is 434 g/mol. The summed E-state index contributed by atoms with van der Waals surface area (Å²) >= 11 is 0. The van der Waals surface area contributed by atoms with E-state index in [1.54, 1.807) is 16.8 Å². The van der Waals surface area contributed by atoms with Crippen molar-refractivity contribution in [1.82, 2.24) is 15.1 Å². The molecule has 0 radical (unpaired) electrons. The van der Waals surface area contributed by atoms with Gasteiger partial charge in [-0.3, -0.25) is 14.4 Å². The van der Waals surface area contributed by atoms with Gasteiger partial charge in [0.05, 0.1) is 11.3 Å². The van der Waals surface area contributed by atoms with Gasteiger partial charge in [-0.25, -0.2) is 0 Å². The van der Waals surface area contributed by atoms with Crippen LogP contribution in [0.1, 0.15) is 25.3 Å². The molecule has 0 aromatic heterocycles. The Morgan fingerprint density at radius 3 is 2.50 bits per heavy atom. The number of nitrogens with one attached hydrogen (secondary N) is 1. The number of hydrogen-bond acceptors (Lipinski definition) is 3. The van der Waals surface area contributed by atoms with Crippen molar-refractivity contribution < 1.29 is 14.4 Å². The van der Waals surface area contributed by atoms with Gasteiger partial charge >= 0.3 is 0 Å². The van der Waals surface area contributed by atoms with Gasteiger partial charge < -0.3 is 15.1 Å². The zero-order valence-corrected chi connectivity index (χ0v) is 18.8. The lowest BCUT2D eigenvalue weighted by molar-refractivity contribution is -0.136. The van der Waals surface area contributed by atoms with E-state index >= 15 is 0 Å². The van der Waals surface area contributed by atoms with Crippen LogP contribution < -0.4 is 5.32 Å². The largest absolute Gasteiger partial charge is 0.356 e. The fourth-order valence-electron chi connectivity index (χ4n) is 5.04. The van der Waals surface area contributed by atoms with Crippen LogP contribution in [-0.4, -0.2) is 60.7 Å². The van der Waals surface area contributed by atoms with Crippen LogP contribution in [0.15, 0.2) is 54.6 Å². The molecule has 0 aliphatic carbocycles. The van der Waals surface area contributed by atoms with Crippen LogP contribution in [-0.2, 0) is 20.8 Å². The summed E-state index contributed by atoms with van der Waals surface area (Å²) in [5.41, 5.74) is 2.66. The van der Waals surface area contributed by atoms with Crippen LogP contribution >= 0.6 is 0 Å². The molecule has 32 heavy (non-hydrogen) atoms. The Morgan fingerprint density at radius 1 is 1.09 bits per heavy atom. The Kier molecular flexibility index (Phi) is 6.31. The van der Waals surface area contributed by atoms with E-state index in [0.29, 0.717) is 39.0 Å². The van der Waals surface area contributed by atoms with Crippen LogP contribution in [0.4, 0.5) is 0 Å². The summed E-state index contributed by atoms with van der Waals surface area (Å²) in [6, 6.07) is 18.4.